The predicted octanol–water partition coefficient (Wildman–Crippen LogP) is 2.63. The summed E-state index contributed by atoms with van der Waals surface area (Å²) in [5.74, 6) is -0.686. The molecule has 4 rings (SSSR count). The fourth-order valence-corrected chi connectivity index (χ4v) is 3.14. The Kier molecular flexibility index (Phi) is 2.69. The van der Waals surface area contributed by atoms with Gasteiger partial charge in [0.1, 0.15) is 0 Å². The van der Waals surface area contributed by atoms with Crippen LogP contribution >= 0.6 is 0 Å². The van der Waals surface area contributed by atoms with Crippen molar-refractivity contribution in [1.29, 1.82) is 0 Å². The Hall–Kier alpha value is -2.82. The average Bonchev–Trinajstić information content (AvgIpc) is 3.09. The van der Waals surface area contributed by atoms with Crippen LogP contribution in [0.5, 0.6) is 0 Å². The maximum absolute atomic E-state index is 12.9. The van der Waals surface area contributed by atoms with Gasteiger partial charge in [0, 0.05) is 6.54 Å². The number of aromatic amines is 1. The standard InChI is InChI=1S/C17H14N2O3/c1-10-4-2-5-11-8-9-19(14(10)11)16(20)12-6-3-7-13-15(12)22-17(21)18-13/h2-7H,8-9H2,1H3,(H,18,21). The summed E-state index contributed by atoms with van der Waals surface area (Å²) in [5, 5.41) is 0. The molecule has 1 aliphatic heterocycles. The number of aryl methyl sites for hydroxylation is 1. The number of anilines is 1. The second-order valence-electron chi connectivity index (χ2n) is 5.49. The maximum atomic E-state index is 12.9. The van der Waals surface area contributed by atoms with Crippen molar-refractivity contribution in [2.75, 3.05) is 11.4 Å². The van der Waals surface area contributed by atoms with Crippen molar-refractivity contribution < 1.29 is 9.21 Å². The van der Waals surface area contributed by atoms with Crippen LogP contribution in [0.1, 0.15) is 21.5 Å². The molecule has 1 aliphatic rings. The van der Waals surface area contributed by atoms with Gasteiger partial charge in [-0.2, -0.15) is 0 Å². The van der Waals surface area contributed by atoms with Gasteiger partial charge in [0.05, 0.1) is 16.8 Å². The number of hydrogen-bond donors (Lipinski definition) is 1. The van der Waals surface area contributed by atoms with Crippen molar-refractivity contribution in [3.05, 3.63) is 63.6 Å². The summed E-state index contributed by atoms with van der Waals surface area (Å²) in [6, 6.07) is 11.2. The van der Waals surface area contributed by atoms with Crippen molar-refractivity contribution in [1.82, 2.24) is 4.98 Å². The zero-order valence-electron chi connectivity index (χ0n) is 12.1. The van der Waals surface area contributed by atoms with Crippen LogP contribution in [-0.4, -0.2) is 17.4 Å². The molecule has 0 atom stereocenters. The number of aromatic nitrogens is 1. The van der Waals surface area contributed by atoms with E-state index in [-0.39, 0.29) is 5.91 Å². The fourth-order valence-electron chi connectivity index (χ4n) is 3.14. The number of oxazole rings is 1. The third-order valence-corrected chi connectivity index (χ3v) is 4.12. The summed E-state index contributed by atoms with van der Waals surface area (Å²) in [7, 11) is 0. The first-order chi connectivity index (χ1) is 10.6. The number of hydrogen-bond acceptors (Lipinski definition) is 3. The lowest BCUT2D eigenvalue weighted by Gasteiger charge is -2.19. The zero-order valence-corrected chi connectivity index (χ0v) is 12.1. The maximum Gasteiger partial charge on any atom is 0.417 e. The van der Waals surface area contributed by atoms with E-state index < -0.39 is 5.76 Å². The highest BCUT2D eigenvalue weighted by atomic mass is 16.4. The van der Waals surface area contributed by atoms with Crippen molar-refractivity contribution >= 4 is 22.7 Å². The second kappa shape index (κ2) is 4.59. The van der Waals surface area contributed by atoms with Crippen LogP contribution in [0, 0.1) is 6.92 Å². The third kappa shape index (κ3) is 1.79. The molecule has 0 bridgehead atoms. The molecule has 0 saturated heterocycles. The van der Waals surface area contributed by atoms with Gasteiger partial charge in [0.25, 0.3) is 5.91 Å². The number of nitrogens with zero attached hydrogens (tertiary/aromatic N) is 1. The second-order valence-corrected chi connectivity index (χ2v) is 5.49. The molecule has 5 nitrogen and oxygen atoms in total. The number of carbonyl (C=O) groups is 1. The molecule has 2 heterocycles. The van der Waals surface area contributed by atoms with E-state index in [1.807, 2.05) is 25.1 Å². The van der Waals surface area contributed by atoms with Crippen LogP contribution in [-0.2, 0) is 6.42 Å². The number of carbonyl (C=O) groups excluding carboxylic acids is 1. The van der Waals surface area contributed by atoms with Crippen molar-refractivity contribution in [2.45, 2.75) is 13.3 Å². The van der Waals surface area contributed by atoms with Crippen molar-refractivity contribution in [3.63, 3.8) is 0 Å². The first-order valence-corrected chi connectivity index (χ1v) is 7.17. The summed E-state index contributed by atoms with van der Waals surface area (Å²) in [6.07, 6.45) is 0.843. The monoisotopic (exact) mass is 294 g/mol. The van der Waals surface area contributed by atoms with Crippen LogP contribution in [0.2, 0.25) is 0 Å². The minimum absolute atomic E-state index is 0.138. The molecule has 1 N–H and O–H groups in total. The van der Waals surface area contributed by atoms with E-state index in [9.17, 15) is 9.59 Å². The van der Waals surface area contributed by atoms with Crippen LogP contribution in [0.4, 0.5) is 5.69 Å². The number of rotatable bonds is 1. The number of nitrogens with one attached hydrogen (secondary N) is 1. The minimum atomic E-state index is -0.548. The van der Waals surface area contributed by atoms with E-state index in [0.717, 1.165) is 17.7 Å². The highest BCUT2D eigenvalue weighted by Gasteiger charge is 2.28. The van der Waals surface area contributed by atoms with E-state index in [2.05, 4.69) is 4.98 Å². The van der Waals surface area contributed by atoms with Gasteiger partial charge in [-0.25, -0.2) is 4.79 Å². The Labute approximate surface area is 126 Å². The number of amides is 1. The lowest BCUT2D eigenvalue weighted by atomic mass is 10.1. The summed E-state index contributed by atoms with van der Waals surface area (Å²) in [6.45, 7) is 2.64. The molecule has 5 heteroatoms. The number of para-hydroxylation sites is 2. The first-order valence-electron chi connectivity index (χ1n) is 7.17. The van der Waals surface area contributed by atoms with Crippen LogP contribution in [0.3, 0.4) is 0 Å². The van der Waals surface area contributed by atoms with Crippen LogP contribution < -0.4 is 10.7 Å². The van der Waals surface area contributed by atoms with Gasteiger partial charge in [-0.15, -0.1) is 0 Å². The lowest BCUT2D eigenvalue weighted by Crippen LogP contribution is -2.29. The number of H-pyrrole nitrogens is 1. The molecule has 0 spiro atoms. The molecule has 0 unspecified atom stereocenters. The third-order valence-electron chi connectivity index (χ3n) is 4.12. The topological polar surface area (TPSA) is 66.3 Å². The van der Waals surface area contributed by atoms with Crippen LogP contribution in [0.25, 0.3) is 11.1 Å². The molecular weight excluding hydrogens is 280 g/mol. The molecule has 22 heavy (non-hydrogen) atoms. The summed E-state index contributed by atoms with van der Waals surface area (Å²) >= 11 is 0. The lowest BCUT2D eigenvalue weighted by molar-refractivity contribution is 0.0990. The summed E-state index contributed by atoms with van der Waals surface area (Å²) < 4.78 is 5.14. The predicted molar refractivity (Wildman–Crippen MR) is 83.4 cm³/mol. The van der Waals surface area contributed by atoms with Gasteiger partial charge >= 0.3 is 5.76 Å². The minimum Gasteiger partial charge on any atom is -0.407 e. The Morgan fingerprint density at radius 1 is 1.23 bits per heavy atom. The van der Waals surface area contributed by atoms with Gasteiger partial charge < -0.3 is 9.32 Å². The SMILES string of the molecule is Cc1cccc2c1N(C(=O)c1cccc3[nH]c(=O)oc13)CC2. The highest BCUT2D eigenvalue weighted by Crippen LogP contribution is 2.33. The largest absolute Gasteiger partial charge is 0.417 e. The Balaban J connectivity index is 1.85. The molecule has 1 amide bonds. The number of fused-ring (bicyclic) bond motifs is 2. The normalized spacial score (nSPS) is 13.6. The summed E-state index contributed by atoms with van der Waals surface area (Å²) in [5.41, 5.74) is 4.50. The smallest absolute Gasteiger partial charge is 0.407 e. The Morgan fingerprint density at radius 3 is 2.91 bits per heavy atom. The highest BCUT2D eigenvalue weighted by molar-refractivity contribution is 6.13. The van der Waals surface area contributed by atoms with Gasteiger partial charge in [-0.05, 0) is 36.6 Å². The Bertz CT molecular complexity index is 952. The molecule has 0 saturated carbocycles. The molecule has 0 fully saturated rings. The Morgan fingerprint density at radius 2 is 2.05 bits per heavy atom. The van der Waals surface area contributed by atoms with E-state index >= 15 is 0 Å². The van der Waals surface area contributed by atoms with Crippen molar-refractivity contribution in [2.24, 2.45) is 0 Å². The zero-order chi connectivity index (χ0) is 15.3. The van der Waals surface area contributed by atoms with Gasteiger partial charge in [-0.3, -0.25) is 9.78 Å². The fraction of sp³-hybridized carbons (Fsp3) is 0.176. The quantitative estimate of drug-likeness (QED) is 0.750. The molecule has 1 aromatic heterocycles. The van der Waals surface area contributed by atoms with Gasteiger partial charge in [0.15, 0.2) is 5.58 Å². The van der Waals surface area contributed by atoms with E-state index in [0.29, 0.717) is 23.2 Å². The van der Waals surface area contributed by atoms with Gasteiger partial charge in [-0.1, -0.05) is 24.3 Å². The van der Waals surface area contributed by atoms with Crippen LogP contribution in [0.15, 0.2) is 45.6 Å². The van der Waals surface area contributed by atoms with Crippen molar-refractivity contribution in [3.8, 4) is 0 Å². The van der Waals surface area contributed by atoms with E-state index in [1.54, 1.807) is 23.1 Å². The molecule has 0 aliphatic carbocycles. The molecular formula is C17H14N2O3. The molecule has 110 valence electrons. The first kappa shape index (κ1) is 12.9. The summed E-state index contributed by atoms with van der Waals surface area (Å²) in [4.78, 5) is 28.7. The van der Waals surface area contributed by atoms with E-state index in [4.69, 9.17) is 4.42 Å². The van der Waals surface area contributed by atoms with Gasteiger partial charge in [0.2, 0.25) is 0 Å². The number of benzene rings is 2. The molecule has 0 radical (unpaired) electrons. The van der Waals surface area contributed by atoms with E-state index in [1.165, 1.54) is 5.56 Å². The molecule has 2 aromatic carbocycles. The average molecular weight is 294 g/mol. The molecule has 3 aromatic rings.